The van der Waals surface area contributed by atoms with E-state index < -0.39 is 10.0 Å². The molecule has 25 heavy (non-hydrogen) atoms. The molecule has 1 aliphatic carbocycles. The predicted molar refractivity (Wildman–Crippen MR) is 94.5 cm³/mol. The van der Waals surface area contributed by atoms with Gasteiger partial charge in [0, 0.05) is 25.7 Å². The van der Waals surface area contributed by atoms with Gasteiger partial charge in [-0.15, -0.1) is 0 Å². The van der Waals surface area contributed by atoms with Crippen molar-refractivity contribution in [3.8, 4) is 0 Å². The molecular formula is C18H26N2O4S. The lowest BCUT2D eigenvalue weighted by atomic mass is 9.83. The number of ether oxygens (including phenoxy) is 1. The van der Waals surface area contributed by atoms with E-state index in [1.54, 1.807) is 34.6 Å². The summed E-state index contributed by atoms with van der Waals surface area (Å²) in [5.74, 6) is -0.339. The normalized spacial score (nSPS) is 27.0. The molecule has 1 saturated heterocycles. The molecule has 7 heteroatoms. The second-order valence-corrected chi connectivity index (χ2v) is 8.53. The number of fused-ring (bicyclic) bond motifs is 1. The van der Waals surface area contributed by atoms with Gasteiger partial charge < -0.3 is 10.1 Å². The minimum absolute atomic E-state index is 0.0524. The zero-order valence-electron chi connectivity index (χ0n) is 14.4. The van der Waals surface area contributed by atoms with Crippen LogP contribution in [0.2, 0.25) is 0 Å². The Morgan fingerprint density at radius 2 is 1.80 bits per heavy atom. The number of sulfonamides is 1. The summed E-state index contributed by atoms with van der Waals surface area (Å²) in [6, 6.07) is 8.22. The van der Waals surface area contributed by atoms with Gasteiger partial charge in [-0.1, -0.05) is 31.0 Å². The van der Waals surface area contributed by atoms with E-state index in [2.05, 4.69) is 5.32 Å². The molecule has 1 aliphatic heterocycles. The molecule has 1 saturated carbocycles. The van der Waals surface area contributed by atoms with Gasteiger partial charge in [0.1, 0.15) is 0 Å². The maximum absolute atomic E-state index is 13.3. The van der Waals surface area contributed by atoms with Crippen molar-refractivity contribution >= 4 is 15.9 Å². The van der Waals surface area contributed by atoms with Crippen LogP contribution in [0.25, 0.3) is 0 Å². The number of nitrogens with one attached hydrogen (secondary N) is 1. The summed E-state index contributed by atoms with van der Waals surface area (Å²) in [5.41, 5.74) is 0. The predicted octanol–water partition coefficient (Wildman–Crippen LogP) is 1.77. The Morgan fingerprint density at radius 3 is 2.60 bits per heavy atom. The molecule has 2 fully saturated rings. The lowest BCUT2D eigenvalue weighted by Gasteiger charge is -2.38. The topological polar surface area (TPSA) is 75.7 Å². The largest absolute Gasteiger partial charge is 0.380 e. The van der Waals surface area contributed by atoms with Gasteiger partial charge in [-0.05, 0) is 31.4 Å². The number of carbonyl (C=O) groups excluding carboxylic acids is 1. The Labute approximate surface area is 149 Å². The summed E-state index contributed by atoms with van der Waals surface area (Å²) < 4.78 is 33.6. The van der Waals surface area contributed by atoms with Crippen LogP contribution in [0.3, 0.4) is 0 Å². The Balaban J connectivity index is 1.95. The molecule has 0 bridgehead atoms. The van der Waals surface area contributed by atoms with Crippen molar-refractivity contribution in [2.45, 2.75) is 43.0 Å². The highest BCUT2D eigenvalue weighted by molar-refractivity contribution is 7.89. The van der Waals surface area contributed by atoms with E-state index in [1.807, 2.05) is 0 Å². The number of carbonyl (C=O) groups is 1. The third-order valence-corrected chi connectivity index (χ3v) is 6.94. The van der Waals surface area contributed by atoms with Crippen molar-refractivity contribution < 1.29 is 17.9 Å². The van der Waals surface area contributed by atoms with Gasteiger partial charge >= 0.3 is 0 Å². The second-order valence-electron chi connectivity index (χ2n) is 6.64. The van der Waals surface area contributed by atoms with Crippen molar-refractivity contribution in [3.05, 3.63) is 30.3 Å². The lowest BCUT2D eigenvalue weighted by Crippen LogP contribution is -2.51. The summed E-state index contributed by atoms with van der Waals surface area (Å²) >= 11 is 0. The molecule has 0 spiro atoms. The van der Waals surface area contributed by atoms with Gasteiger partial charge in [-0.2, -0.15) is 4.31 Å². The fourth-order valence-corrected chi connectivity index (χ4v) is 5.51. The third kappa shape index (κ3) is 4.22. The van der Waals surface area contributed by atoms with Crippen LogP contribution in [-0.4, -0.2) is 51.0 Å². The maximum atomic E-state index is 13.3. The maximum Gasteiger partial charge on any atom is 0.243 e. The molecule has 2 atom stereocenters. The number of hydrogen-bond donors (Lipinski definition) is 1. The van der Waals surface area contributed by atoms with Gasteiger partial charge in [0.05, 0.1) is 17.4 Å². The first-order valence-electron chi connectivity index (χ1n) is 9.03. The second kappa shape index (κ2) is 8.29. The number of amides is 1. The first-order chi connectivity index (χ1) is 12.1. The minimum Gasteiger partial charge on any atom is -0.380 e. The highest BCUT2D eigenvalue weighted by Gasteiger charge is 2.40. The lowest BCUT2D eigenvalue weighted by molar-refractivity contribution is -0.127. The van der Waals surface area contributed by atoms with E-state index in [4.69, 9.17) is 4.74 Å². The molecule has 1 amide bonds. The molecule has 1 heterocycles. The van der Waals surface area contributed by atoms with E-state index >= 15 is 0 Å². The Hall–Kier alpha value is -1.44. The van der Waals surface area contributed by atoms with Gasteiger partial charge in [0.2, 0.25) is 15.9 Å². The summed E-state index contributed by atoms with van der Waals surface area (Å²) in [7, 11) is -3.64. The van der Waals surface area contributed by atoms with Crippen molar-refractivity contribution in [1.29, 1.82) is 0 Å². The van der Waals surface area contributed by atoms with E-state index in [0.717, 1.165) is 25.7 Å². The molecule has 1 N–H and O–H groups in total. The molecule has 1 aromatic carbocycles. The summed E-state index contributed by atoms with van der Waals surface area (Å²) in [5, 5.41) is 2.91. The van der Waals surface area contributed by atoms with E-state index in [9.17, 15) is 13.2 Å². The van der Waals surface area contributed by atoms with Gasteiger partial charge in [-0.25, -0.2) is 8.42 Å². The number of hydrogen-bond acceptors (Lipinski definition) is 4. The average Bonchev–Trinajstić information content (AvgIpc) is 2.67. The fraction of sp³-hybridized carbons (Fsp3) is 0.611. The highest BCUT2D eigenvalue weighted by Crippen LogP contribution is 2.32. The van der Waals surface area contributed by atoms with Crippen LogP contribution in [0.4, 0.5) is 0 Å². The van der Waals surface area contributed by atoms with Crippen molar-refractivity contribution in [2.75, 3.05) is 26.3 Å². The summed E-state index contributed by atoms with van der Waals surface area (Å²) in [6.07, 6.45) is 4.00. The van der Waals surface area contributed by atoms with Crippen LogP contribution < -0.4 is 5.32 Å². The number of rotatable bonds is 2. The molecule has 3 rings (SSSR count). The molecule has 0 aromatic heterocycles. The van der Waals surface area contributed by atoms with Crippen LogP contribution in [0.5, 0.6) is 0 Å². The monoisotopic (exact) mass is 366 g/mol. The van der Waals surface area contributed by atoms with Crippen molar-refractivity contribution in [3.63, 3.8) is 0 Å². The SMILES string of the molecule is O=C1NCCOCCCN(S(=O)(=O)c2ccccc2)C2CCCCC12. The standard InChI is InChI=1S/C18H26N2O4S/c21-18-16-9-4-5-10-17(16)20(12-6-13-24-14-11-19-18)25(22,23)15-7-2-1-3-8-15/h1-3,7-8,16-17H,4-6,9-14H2,(H,19,21). The first-order valence-corrected chi connectivity index (χ1v) is 10.5. The van der Waals surface area contributed by atoms with Crippen molar-refractivity contribution in [2.24, 2.45) is 5.92 Å². The summed E-state index contributed by atoms with van der Waals surface area (Å²) in [4.78, 5) is 12.9. The molecule has 6 nitrogen and oxygen atoms in total. The first kappa shape index (κ1) is 18.4. The molecule has 0 radical (unpaired) electrons. The average molecular weight is 366 g/mol. The quantitative estimate of drug-likeness (QED) is 0.866. The van der Waals surface area contributed by atoms with Crippen LogP contribution >= 0.6 is 0 Å². The highest BCUT2D eigenvalue weighted by atomic mass is 32.2. The Morgan fingerprint density at radius 1 is 1.04 bits per heavy atom. The number of nitrogens with zero attached hydrogens (tertiary/aromatic N) is 1. The Bertz CT molecular complexity index is 678. The molecule has 138 valence electrons. The third-order valence-electron chi connectivity index (χ3n) is 5.00. The molecule has 2 unspecified atom stereocenters. The van der Waals surface area contributed by atoms with Crippen LogP contribution in [-0.2, 0) is 19.6 Å². The van der Waals surface area contributed by atoms with Gasteiger partial charge in [0.15, 0.2) is 0 Å². The summed E-state index contributed by atoms with van der Waals surface area (Å²) in [6.45, 7) is 1.82. The van der Waals surface area contributed by atoms with Gasteiger partial charge in [0.25, 0.3) is 0 Å². The van der Waals surface area contributed by atoms with E-state index in [-0.39, 0.29) is 22.8 Å². The van der Waals surface area contributed by atoms with Crippen LogP contribution in [0.1, 0.15) is 32.1 Å². The number of benzene rings is 1. The zero-order valence-corrected chi connectivity index (χ0v) is 15.2. The zero-order chi connectivity index (χ0) is 17.7. The molecule has 1 aromatic rings. The minimum atomic E-state index is -3.64. The van der Waals surface area contributed by atoms with Crippen LogP contribution in [0, 0.1) is 5.92 Å². The van der Waals surface area contributed by atoms with E-state index in [0.29, 0.717) is 32.7 Å². The smallest absolute Gasteiger partial charge is 0.243 e. The van der Waals surface area contributed by atoms with E-state index in [1.165, 1.54) is 0 Å². The van der Waals surface area contributed by atoms with Gasteiger partial charge in [-0.3, -0.25) is 4.79 Å². The Kier molecular flexibility index (Phi) is 6.09. The molecular weight excluding hydrogens is 340 g/mol. The molecule has 2 aliphatic rings. The van der Waals surface area contributed by atoms with Crippen LogP contribution in [0.15, 0.2) is 35.2 Å². The fourth-order valence-electron chi connectivity index (χ4n) is 3.76. The van der Waals surface area contributed by atoms with Crippen molar-refractivity contribution in [1.82, 2.24) is 9.62 Å².